The van der Waals surface area contributed by atoms with E-state index < -0.39 is 45.0 Å². The number of hydrogen-bond acceptors (Lipinski definition) is 5. The number of nitrogens with one attached hydrogen (secondary N) is 2. The SMILES string of the molecule is C[n+]1ccc(-c2cnc3[nH]cc(C(=O)c4c(F)ccc(NS(=O)(=O)N5CC[C@@H](F)C5)c4F)c3c2)nc1. The predicted molar refractivity (Wildman–Crippen MR) is 124 cm³/mol. The number of alkyl halides is 1. The number of carbonyl (C=O) groups is 1. The Morgan fingerprint density at radius 2 is 2.06 bits per heavy atom. The minimum Gasteiger partial charge on any atom is -0.345 e. The molecule has 0 saturated carbocycles. The molecule has 0 amide bonds. The number of ketones is 1. The number of carbonyl (C=O) groups excluding carboxylic acids is 1. The van der Waals surface area contributed by atoms with E-state index in [-0.39, 0.29) is 25.1 Å². The van der Waals surface area contributed by atoms with Crippen molar-refractivity contribution in [2.75, 3.05) is 17.8 Å². The molecule has 1 aliphatic heterocycles. The monoisotopic (exact) mass is 517 g/mol. The Hall–Kier alpha value is -3.84. The van der Waals surface area contributed by atoms with E-state index in [9.17, 15) is 22.0 Å². The van der Waals surface area contributed by atoms with E-state index >= 15 is 4.39 Å². The molecule has 3 aromatic heterocycles. The zero-order valence-corrected chi connectivity index (χ0v) is 19.7. The fourth-order valence-electron chi connectivity index (χ4n) is 4.01. The van der Waals surface area contributed by atoms with Gasteiger partial charge in [-0.3, -0.25) is 9.52 Å². The molecule has 4 heterocycles. The van der Waals surface area contributed by atoms with E-state index in [1.165, 1.54) is 6.20 Å². The van der Waals surface area contributed by atoms with Gasteiger partial charge in [0.25, 0.3) is 6.33 Å². The molecular weight excluding hydrogens is 497 g/mol. The van der Waals surface area contributed by atoms with Crippen molar-refractivity contribution in [2.45, 2.75) is 12.6 Å². The molecule has 5 rings (SSSR count). The van der Waals surface area contributed by atoms with Crippen LogP contribution < -0.4 is 9.29 Å². The van der Waals surface area contributed by atoms with E-state index in [0.29, 0.717) is 22.3 Å². The van der Waals surface area contributed by atoms with Crippen molar-refractivity contribution in [3.8, 4) is 11.3 Å². The number of pyridine rings is 1. The summed E-state index contributed by atoms with van der Waals surface area (Å²) >= 11 is 0. The van der Waals surface area contributed by atoms with Crippen LogP contribution in [-0.2, 0) is 17.3 Å². The molecule has 1 aliphatic rings. The lowest BCUT2D eigenvalue weighted by atomic mass is 10.0. The first-order chi connectivity index (χ1) is 17.1. The van der Waals surface area contributed by atoms with Crippen LogP contribution in [0.2, 0.25) is 0 Å². The molecule has 1 fully saturated rings. The summed E-state index contributed by atoms with van der Waals surface area (Å²) in [5.41, 5.74) is -0.142. The molecule has 0 spiro atoms. The van der Waals surface area contributed by atoms with Crippen LogP contribution in [0.5, 0.6) is 0 Å². The summed E-state index contributed by atoms with van der Waals surface area (Å²) in [6, 6.07) is 5.04. The number of H-pyrrole nitrogens is 1. The molecular formula is C23H20F3N6O3S+. The molecule has 1 atom stereocenters. The van der Waals surface area contributed by atoms with E-state index in [2.05, 4.69) is 15.0 Å². The standard InChI is InChI=1S/C23H19F3N6O3S/c1-31-6-5-18(29-12-31)13-8-15-16(10-28-23(15)27-9-13)22(33)20-17(25)2-3-19(21(20)26)30-36(34,35)32-7-4-14(24)11-32/h2-3,5-6,8-10,12,14,30H,4,7,11H2,1H3/p+1/t14-/m1/s1. The van der Waals surface area contributed by atoms with Crippen LogP contribution in [0.15, 0.2) is 49.2 Å². The van der Waals surface area contributed by atoms with Crippen LogP contribution in [0, 0.1) is 11.6 Å². The lowest BCUT2D eigenvalue weighted by Crippen LogP contribution is -2.34. The lowest BCUT2D eigenvalue weighted by Gasteiger charge is -2.18. The van der Waals surface area contributed by atoms with Gasteiger partial charge in [-0.15, -0.1) is 0 Å². The predicted octanol–water partition coefficient (Wildman–Crippen LogP) is 2.66. The second-order valence-electron chi connectivity index (χ2n) is 8.40. The number of aromatic amines is 1. The fraction of sp³-hybridized carbons (Fsp3) is 0.217. The quantitative estimate of drug-likeness (QED) is 0.302. The Bertz CT molecular complexity index is 1590. The van der Waals surface area contributed by atoms with Crippen molar-refractivity contribution in [3.63, 3.8) is 0 Å². The molecule has 186 valence electrons. The number of hydrogen-bond donors (Lipinski definition) is 2. The Labute approximate surface area is 203 Å². The number of halogens is 3. The summed E-state index contributed by atoms with van der Waals surface area (Å²) in [4.78, 5) is 24.7. The Morgan fingerprint density at radius 3 is 2.75 bits per heavy atom. The summed E-state index contributed by atoms with van der Waals surface area (Å²) in [6.07, 6.45) is 4.89. The molecule has 13 heteroatoms. The average molecular weight is 518 g/mol. The Balaban J connectivity index is 1.52. The molecule has 4 aromatic rings. The maximum atomic E-state index is 15.3. The minimum atomic E-state index is -4.31. The highest BCUT2D eigenvalue weighted by Crippen LogP contribution is 2.29. The van der Waals surface area contributed by atoms with Crippen LogP contribution in [0.4, 0.5) is 18.9 Å². The summed E-state index contributed by atoms with van der Waals surface area (Å²) in [6.45, 7) is -0.451. The molecule has 2 N–H and O–H groups in total. The maximum Gasteiger partial charge on any atom is 0.301 e. The normalized spacial score (nSPS) is 16.5. The van der Waals surface area contributed by atoms with Gasteiger partial charge in [-0.25, -0.2) is 22.7 Å². The first-order valence-corrected chi connectivity index (χ1v) is 12.3. The minimum absolute atomic E-state index is 0.0179. The molecule has 9 nitrogen and oxygen atoms in total. The van der Waals surface area contributed by atoms with Crippen LogP contribution in [0.25, 0.3) is 22.3 Å². The van der Waals surface area contributed by atoms with Crippen molar-refractivity contribution in [3.05, 3.63) is 71.9 Å². The number of fused-ring (bicyclic) bond motifs is 1. The van der Waals surface area contributed by atoms with E-state index in [4.69, 9.17) is 0 Å². The third kappa shape index (κ3) is 4.31. The number of nitrogens with zero attached hydrogens (tertiary/aromatic N) is 4. The van der Waals surface area contributed by atoms with E-state index in [1.807, 2.05) is 4.72 Å². The molecule has 0 bridgehead atoms. The van der Waals surface area contributed by atoms with Gasteiger partial charge in [0.05, 0.1) is 24.5 Å². The van der Waals surface area contributed by atoms with Gasteiger partial charge in [-0.05, 0) is 29.6 Å². The summed E-state index contributed by atoms with van der Waals surface area (Å²) in [7, 11) is -2.50. The van der Waals surface area contributed by atoms with Crippen molar-refractivity contribution in [1.29, 1.82) is 0 Å². The summed E-state index contributed by atoms with van der Waals surface area (Å²) in [5.74, 6) is -3.55. The highest BCUT2D eigenvalue weighted by molar-refractivity contribution is 7.90. The van der Waals surface area contributed by atoms with Gasteiger partial charge in [0.15, 0.2) is 11.5 Å². The van der Waals surface area contributed by atoms with E-state index in [0.717, 1.165) is 16.4 Å². The molecule has 0 aliphatic carbocycles. The molecule has 0 radical (unpaired) electrons. The van der Waals surface area contributed by atoms with Gasteiger partial charge in [0.2, 0.25) is 5.78 Å². The van der Waals surface area contributed by atoms with E-state index in [1.54, 1.807) is 42.5 Å². The summed E-state index contributed by atoms with van der Waals surface area (Å²) in [5, 5.41) is 0.309. The third-order valence-electron chi connectivity index (χ3n) is 5.91. The molecule has 1 saturated heterocycles. The van der Waals surface area contributed by atoms with Gasteiger partial charge < -0.3 is 4.98 Å². The van der Waals surface area contributed by atoms with Crippen molar-refractivity contribution >= 4 is 32.7 Å². The van der Waals surface area contributed by atoms with Crippen LogP contribution in [-0.4, -0.2) is 52.7 Å². The average Bonchev–Trinajstić information content (AvgIpc) is 3.48. The van der Waals surface area contributed by atoms with Gasteiger partial charge in [-0.1, -0.05) is 0 Å². The Morgan fingerprint density at radius 1 is 1.25 bits per heavy atom. The fourth-order valence-corrected chi connectivity index (χ4v) is 5.28. The van der Waals surface area contributed by atoms with Crippen molar-refractivity contribution < 1.29 is 31.0 Å². The van der Waals surface area contributed by atoms with Crippen LogP contribution >= 0.6 is 0 Å². The highest BCUT2D eigenvalue weighted by Gasteiger charge is 2.33. The molecule has 36 heavy (non-hydrogen) atoms. The van der Waals surface area contributed by atoms with Crippen molar-refractivity contribution in [2.24, 2.45) is 7.05 Å². The van der Waals surface area contributed by atoms with Gasteiger partial charge in [-0.2, -0.15) is 12.7 Å². The number of rotatable bonds is 6. The smallest absolute Gasteiger partial charge is 0.301 e. The maximum absolute atomic E-state index is 15.3. The van der Waals surface area contributed by atoms with Gasteiger partial charge >= 0.3 is 10.2 Å². The Kier molecular flexibility index (Phi) is 5.96. The number of anilines is 1. The number of aromatic nitrogens is 4. The van der Waals surface area contributed by atoms with Crippen LogP contribution in [0.3, 0.4) is 0 Å². The highest BCUT2D eigenvalue weighted by atomic mass is 32.2. The first kappa shape index (κ1) is 23.9. The third-order valence-corrected chi connectivity index (χ3v) is 7.40. The first-order valence-electron chi connectivity index (χ1n) is 10.9. The number of benzene rings is 1. The molecule has 0 unspecified atom stereocenters. The lowest BCUT2D eigenvalue weighted by molar-refractivity contribution is -0.674. The zero-order chi connectivity index (χ0) is 25.6. The largest absolute Gasteiger partial charge is 0.345 e. The summed E-state index contributed by atoms with van der Waals surface area (Å²) < 4.78 is 73.2. The van der Waals surface area contributed by atoms with Crippen molar-refractivity contribution in [1.82, 2.24) is 19.3 Å². The second kappa shape index (κ2) is 8.99. The van der Waals surface area contributed by atoms with Gasteiger partial charge in [0.1, 0.15) is 17.6 Å². The van der Waals surface area contributed by atoms with Gasteiger partial charge in [0, 0.05) is 48.1 Å². The topological polar surface area (TPSA) is 112 Å². The molecule has 1 aromatic carbocycles. The second-order valence-corrected chi connectivity index (χ2v) is 10.1. The zero-order valence-electron chi connectivity index (χ0n) is 18.9. The van der Waals surface area contributed by atoms with Crippen LogP contribution in [0.1, 0.15) is 22.3 Å². The number of aryl methyl sites for hydroxylation is 1.